The zero-order valence-electron chi connectivity index (χ0n) is 40.9. The molecule has 0 aromatic rings. The van der Waals surface area contributed by atoms with Crippen molar-refractivity contribution in [3.8, 4) is 0 Å². The van der Waals surface area contributed by atoms with Gasteiger partial charge in [-0.1, -0.05) is 259 Å². The second-order valence-corrected chi connectivity index (χ2v) is 17.6. The fourth-order valence-electron chi connectivity index (χ4n) is 7.57. The van der Waals surface area contributed by atoms with E-state index < -0.39 is 12.1 Å². The van der Waals surface area contributed by atoms with Gasteiger partial charge in [-0.2, -0.15) is 0 Å². The Morgan fingerprint density at radius 1 is 0.403 bits per heavy atom. The van der Waals surface area contributed by atoms with Gasteiger partial charge in [0.2, 0.25) is 5.91 Å². The fraction of sp³-hybridized carbons (Fsp3) is 0.707. The number of hydrogen-bond donors (Lipinski definition) is 3. The van der Waals surface area contributed by atoms with Crippen LogP contribution < -0.4 is 5.32 Å². The highest BCUT2D eigenvalue weighted by Gasteiger charge is 2.18. The summed E-state index contributed by atoms with van der Waals surface area (Å²) >= 11 is 0. The average Bonchev–Trinajstić information content (AvgIpc) is 3.28. The van der Waals surface area contributed by atoms with Gasteiger partial charge in [0, 0.05) is 6.42 Å². The van der Waals surface area contributed by atoms with Crippen LogP contribution in [0.15, 0.2) is 97.2 Å². The molecule has 0 aromatic carbocycles. The number of aliphatic hydroxyl groups excluding tert-OH is 2. The van der Waals surface area contributed by atoms with Crippen LogP contribution in [-0.2, 0) is 4.79 Å². The Labute approximate surface area is 385 Å². The van der Waals surface area contributed by atoms with Crippen molar-refractivity contribution in [2.24, 2.45) is 0 Å². The number of hydrogen-bond acceptors (Lipinski definition) is 3. The van der Waals surface area contributed by atoms with E-state index in [2.05, 4.69) is 104 Å². The summed E-state index contributed by atoms with van der Waals surface area (Å²) in [5.41, 5.74) is 0. The Morgan fingerprint density at radius 3 is 1.06 bits per heavy atom. The SMILES string of the molecule is CC/C=C\C/C=C\C/C=C\C/C=C\C/C=C\C/C=C\C/C=C\CCCCCCCCCCCCCCCCCCCC(=O)NC(CO)C(O)/C=C/CCCCCCCCCCC. The molecule has 4 nitrogen and oxygen atoms in total. The molecule has 0 aromatic heterocycles. The van der Waals surface area contributed by atoms with Gasteiger partial charge in [0.25, 0.3) is 0 Å². The molecular formula is C58H101NO3. The van der Waals surface area contributed by atoms with Crippen molar-refractivity contribution in [2.45, 2.75) is 257 Å². The lowest BCUT2D eigenvalue weighted by molar-refractivity contribution is -0.123. The number of amides is 1. The summed E-state index contributed by atoms with van der Waals surface area (Å²) in [4.78, 5) is 12.4. The summed E-state index contributed by atoms with van der Waals surface area (Å²) in [7, 11) is 0. The molecule has 4 heteroatoms. The van der Waals surface area contributed by atoms with Crippen LogP contribution >= 0.6 is 0 Å². The molecule has 3 N–H and O–H groups in total. The van der Waals surface area contributed by atoms with Crippen LogP contribution in [0.1, 0.15) is 245 Å². The van der Waals surface area contributed by atoms with Gasteiger partial charge in [-0.15, -0.1) is 0 Å². The lowest BCUT2D eigenvalue weighted by Gasteiger charge is -2.20. The Kier molecular flexibility index (Phi) is 50.4. The highest BCUT2D eigenvalue weighted by Crippen LogP contribution is 2.15. The average molecular weight is 860 g/mol. The molecule has 0 aliphatic carbocycles. The molecule has 0 fully saturated rings. The monoisotopic (exact) mass is 860 g/mol. The van der Waals surface area contributed by atoms with Crippen LogP contribution in [0, 0.1) is 0 Å². The number of rotatable bonds is 47. The van der Waals surface area contributed by atoms with Gasteiger partial charge in [0.1, 0.15) is 0 Å². The largest absolute Gasteiger partial charge is 0.394 e. The van der Waals surface area contributed by atoms with Gasteiger partial charge >= 0.3 is 0 Å². The van der Waals surface area contributed by atoms with E-state index in [1.165, 1.54) is 154 Å². The van der Waals surface area contributed by atoms with Crippen molar-refractivity contribution in [3.63, 3.8) is 0 Å². The van der Waals surface area contributed by atoms with Crippen molar-refractivity contribution in [1.29, 1.82) is 0 Å². The number of aliphatic hydroxyl groups is 2. The van der Waals surface area contributed by atoms with Crippen LogP contribution in [0.2, 0.25) is 0 Å². The zero-order valence-corrected chi connectivity index (χ0v) is 40.9. The molecule has 356 valence electrons. The van der Waals surface area contributed by atoms with Gasteiger partial charge in [-0.25, -0.2) is 0 Å². The minimum Gasteiger partial charge on any atom is -0.394 e. The molecule has 0 heterocycles. The third-order valence-corrected chi connectivity index (χ3v) is 11.6. The number of carbonyl (C=O) groups excluding carboxylic acids is 1. The van der Waals surface area contributed by atoms with Crippen molar-refractivity contribution < 1.29 is 15.0 Å². The molecule has 0 saturated carbocycles. The minimum atomic E-state index is -0.840. The summed E-state index contributed by atoms with van der Waals surface area (Å²) in [6, 6.07) is -0.624. The lowest BCUT2D eigenvalue weighted by atomic mass is 10.0. The minimum absolute atomic E-state index is 0.0669. The van der Waals surface area contributed by atoms with Crippen LogP contribution in [0.5, 0.6) is 0 Å². The van der Waals surface area contributed by atoms with Gasteiger partial charge in [-0.05, 0) is 77.0 Å². The van der Waals surface area contributed by atoms with E-state index >= 15 is 0 Å². The van der Waals surface area contributed by atoms with Gasteiger partial charge < -0.3 is 15.5 Å². The van der Waals surface area contributed by atoms with Crippen LogP contribution in [0.25, 0.3) is 0 Å². The first-order valence-corrected chi connectivity index (χ1v) is 26.5. The van der Waals surface area contributed by atoms with E-state index in [0.717, 1.165) is 70.6 Å². The zero-order chi connectivity index (χ0) is 44.9. The van der Waals surface area contributed by atoms with Crippen molar-refractivity contribution in [2.75, 3.05) is 6.61 Å². The van der Waals surface area contributed by atoms with Crippen molar-refractivity contribution in [3.05, 3.63) is 97.2 Å². The topological polar surface area (TPSA) is 69.6 Å². The molecule has 0 spiro atoms. The molecule has 0 radical (unpaired) electrons. The Balaban J connectivity index is 3.49. The van der Waals surface area contributed by atoms with Gasteiger partial charge in [0.15, 0.2) is 0 Å². The summed E-state index contributed by atoms with van der Waals surface area (Å²) in [5.74, 6) is -0.0669. The van der Waals surface area contributed by atoms with E-state index in [1.54, 1.807) is 6.08 Å². The summed E-state index contributed by atoms with van der Waals surface area (Å²) in [5, 5.41) is 23.0. The first-order valence-electron chi connectivity index (χ1n) is 26.5. The normalized spacial score (nSPS) is 13.7. The molecular weight excluding hydrogens is 759 g/mol. The number of allylic oxidation sites excluding steroid dienone is 15. The lowest BCUT2D eigenvalue weighted by Crippen LogP contribution is -2.45. The Bertz CT molecular complexity index is 1160. The van der Waals surface area contributed by atoms with Crippen LogP contribution in [0.3, 0.4) is 0 Å². The Hall–Kier alpha value is -2.69. The maximum atomic E-state index is 12.4. The smallest absolute Gasteiger partial charge is 0.220 e. The second kappa shape index (κ2) is 52.7. The standard InChI is InChI=1S/C58H101NO3/c1-3-5-7-9-11-13-15-16-17-18-19-20-21-22-23-24-25-26-27-28-29-30-31-32-33-34-35-36-37-38-39-40-41-42-44-46-48-50-52-54-58(62)59-56(55-60)57(61)53-51-49-47-45-43-14-12-10-8-6-4-2/h5,7,11,13,16-17,19-20,22-23,25-26,28-29,51,53,56-57,60-61H,3-4,6,8-10,12,14-15,18,21,24,27,30-50,52,54-55H2,1-2H3,(H,59,62)/b7-5-,13-11-,17-16-,20-19-,23-22-,26-25-,29-28-,53-51+. The molecule has 2 unspecified atom stereocenters. The third kappa shape index (κ3) is 48.3. The van der Waals surface area contributed by atoms with Crippen LogP contribution in [-0.4, -0.2) is 34.9 Å². The first kappa shape index (κ1) is 59.3. The summed E-state index contributed by atoms with van der Waals surface area (Å²) in [6.45, 7) is 4.18. The number of carbonyl (C=O) groups is 1. The predicted octanol–water partition coefficient (Wildman–Crippen LogP) is 17.4. The number of nitrogens with one attached hydrogen (secondary N) is 1. The van der Waals surface area contributed by atoms with E-state index in [-0.39, 0.29) is 12.5 Å². The fourth-order valence-corrected chi connectivity index (χ4v) is 7.57. The van der Waals surface area contributed by atoms with Crippen molar-refractivity contribution in [1.82, 2.24) is 5.32 Å². The second-order valence-electron chi connectivity index (χ2n) is 17.6. The summed E-state index contributed by atoms with van der Waals surface area (Å²) < 4.78 is 0. The molecule has 1 amide bonds. The highest BCUT2D eigenvalue weighted by molar-refractivity contribution is 5.76. The van der Waals surface area contributed by atoms with Gasteiger partial charge in [0.05, 0.1) is 18.8 Å². The van der Waals surface area contributed by atoms with E-state index in [0.29, 0.717) is 6.42 Å². The maximum Gasteiger partial charge on any atom is 0.220 e. The highest BCUT2D eigenvalue weighted by atomic mass is 16.3. The Morgan fingerprint density at radius 2 is 0.710 bits per heavy atom. The first-order chi connectivity index (χ1) is 30.7. The third-order valence-electron chi connectivity index (χ3n) is 11.6. The quantitative estimate of drug-likeness (QED) is 0.0422. The van der Waals surface area contributed by atoms with Crippen molar-refractivity contribution >= 4 is 5.91 Å². The molecule has 0 rings (SSSR count). The molecule has 2 atom stereocenters. The van der Waals surface area contributed by atoms with Crippen LogP contribution in [0.4, 0.5) is 0 Å². The molecule has 62 heavy (non-hydrogen) atoms. The number of unbranched alkanes of at least 4 members (excludes halogenated alkanes) is 26. The molecule has 0 aliphatic heterocycles. The summed E-state index contributed by atoms with van der Waals surface area (Å²) in [6.07, 6.45) is 78.5. The molecule has 0 saturated heterocycles. The molecule has 0 aliphatic rings. The van der Waals surface area contributed by atoms with E-state index in [1.807, 2.05) is 6.08 Å². The maximum absolute atomic E-state index is 12.4. The van der Waals surface area contributed by atoms with E-state index in [9.17, 15) is 15.0 Å². The molecule has 0 bridgehead atoms. The van der Waals surface area contributed by atoms with Gasteiger partial charge in [-0.3, -0.25) is 4.79 Å². The van der Waals surface area contributed by atoms with E-state index in [4.69, 9.17) is 0 Å². The predicted molar refractivity (Wildman–Crippen MR) is 276 cm³/mol.